The van der Waals surface area contributed by atoms with E-state index in [-0.39, 0.29) is 5.91 Å². The summed E-state index contributed by atoms with van der Waals surface area (Å²) < 4.78 is 0. The molecule has 5 rings (SSSR count). The fourth-order valence-corrected chi connectivity index (χ4v) is 4.95. The highest BCUT2D eigenvalue weighted by Gasteiger charge is 2.29. The molecule has 1 aromatic carbocycles. The summed E-state index contributed by atoms with van der Waals surface area (Å²) in [4.78, 5) is 31.7. The van der Waals surface area contributed by atoms with Crippen LogP contribution < -0.4 is 0 Å². The fourth-order valence-electron chi connectivity index (χ4n) is 4.95. The van der Waals surface area contributed by atoms with Gasteiger partial charge >= 0.3 is 0 Å². The highest BCUT2D eigenvalue weighted by Crippen LogP contribution is 2.25. The van der Waals surface area contributed by atoms with Crippen LogP contribution in [-0.2, 0) is 13.1 Å². The van der Waals surface area contributed by atoms with Crippen LogP contribution in [0.15, 0.2) is 73.2 Å². The van der Waals surface area contributed by atoms with Gasteiger partial charge < -0.3 is 4.90 Å². The quantitative estimate of drug-likeness (QED) is 0.403. The average molecular weight is 466 g/mol. The summed E-state index contributed by atoms with van der Waals surface area (Å²) in [6.45, 7) is 7.23. The zero-order valence-electron chi connectivity index (χ0n) is 20.4. The van der Waals surface area contributed by atoms with Crippen LogP contribution in [0, 0.1) is 13.8 Å². The number of hydrogen-bond acceptors (Lipinski definition) is 5. The Morgan fingerprint density at radius 2 is 1.40 bits per heavy atom. The molecular weight excluding hydrogens is 434 g/mol. The molecule has 0 radical (unpaired) electrons. The number of nitrogens with zero attached hydrogens (tertiary/aromatic N) is 5. The van der Waals surface area contributed by atoms with Crippen LogP contribution in [0.3, 0.4) is 0 Å². The number of amides is 1. The predicted molar refractivity (Wildman–Crippen MR) is 138 cm³/mol. The van der Waals surface area contributed by atoms with Crippen molar-refractivity contribution in [2.24, 2.45) is 0 Å². The van der Waals surface area contributed by atoms with Crippen LogP contribution >= 0.6 is 0 Å². The lowest BCUT2D eigenvalue weighted by atomic mass is 10.00. The van der Waals surface area contributed by atoms with E-state index in [1.165, 1.54) is 11.1 Å². The molecule has 1 saturated heterocycles. The average Bonchev–Trinajstić information content (AvgIpc) is 2.90. The molecule has 35 heavy (non-hydrogen) atoms. The normalized spacial score (nSPS) is 14.5. The maximum Gasteiger partial charge on any atom is 0.256 e. The van der Waals surface area contributed by atoms with Gasteiger partial charge in [-0.25, -0.2) is 0 Å². The summed E-state index contributed by atoms with van der Waals surface area (Å²) in [6.07, 6.45) is 7.32. The first-order valence-corrected chi connectivity index (χ1v) is 12.3. The van der Waals surface area contributed by atoms with Gasteiger partial charge in [0.25, 0.3) is 5.91 Å². The van der Waals surface area contributed by atoms with Gasteiger partial charge in [0.1, 0.15) is 0 Å². The monoisotopic (exact) mass is 465 g/mol. The standard InChI is InChI=1S/C29H31N5O/c1-21-7-4-14-30-26(21)19-34(20-27-22(2)8-5-15-31-27)24-12-17-33(18-13-24)29(35)25-11-3-9-23-10-6-16-32-28(23)25/h3-11,14-16,24H,12-13,17-20H2,1-2H3. The molecule has 6 heteroatoms. The molecule has 4 heterocycles. The molecule has 0 aliphatic carbocycles. The van der Waals surface area contributed by atoms with Crippen molar-refractivity contribution in [2.75, 3.05) is 13.1 Å². The molecule has 0 spiro atoms. The number of benzene rings is 1. The van der Waals surface area contributed by atoms with Gasteiger partial charge in [0.05, 0.1) is 22.5 Å². The summed E-state index contributed by atoms with van der Waals surface area (Å²) in [5.41, 5.74) is 6.06. The van der Waals surface area contributed by atoms with Gasteiger partial charge in [-0.2, -0.15) is 0 Å². The smallest absolute Gasteiger partial charge is 0.256 e. The summed E-state index contributed by atoms with van der Waals surface area (Å²) in [5, 5.41) is 0.996. The molecule has 178 valence electrons. The Morgan fingerprint density at radius 3 is 2.03 bits per heavy atom. The van der Waals surface area contributed by atoms with Crippen molar-refractivity contribution in [2.45, 2.75) is 45.8 Å². The van der Waals surface area contributed by atoms with Gasteiger partial charge in [-0.1, -0.05) is 30.3 Å². The van der Waals surface area contributed by atoms with Crippen LogP contribution in [0.1, 0.15) is 45.7 Å². The fraction of sp³-hybridized carbons (Fsp3) is 0.310. The SMILES string of the molecule is Cc1cccnc1CN(Cc1ncccc1C)C1CCN(C(=O)c2cccc3cccnc23)CC1. The third-order valence-corrected chi connectivity index (χ3v) is 7.07. The second-order valence-corrected chi connectivity index (χ2v) is 9.34. The van der Waals surface area contributed by atoms with E-state index in [0.29, 0.717) is 11.6 Å². The third-order valence-electron chi connectivity index (χ3n) is 7.07. The summed E-state index contributed by atoms with van der Waals surface area (Å²) in [6, 6.07) is 18.3. The van der Waals surface area contributed by atoms with E-state index in [9.17, 15) is 4.79 Å². The number of piperidine rings is 1. The molecule has 0 unspecified atom stereocenters. The Hall–Kier alpha value is -3.64. The Labute approximate surface area is 206 Å². The van der Waals surface area contributed by atoms with Crippen LogP contribution in [0.2, 0.25) is 0 Å². The Bertz CT molecular complexity index is 1280. The maximum absolute atomic E-state index is 13.4. The minimum absolute atomic E-state index is 0.0699. The number of aryl methyl sites for hydroxylation is 2. The summed E-state index contributed by atoms with van der Waals surface area (Å²) in [7, 11) is 0. The number of para-hydroxylation sites is 1. The van der Waals surface area contributed by atoms with E-state index in [2.05, 4.69) is 45.8 Å². The number of hydrogen-bond donors (Lipinski definition) is 0. The molecule has 4 aromatic rings. The summed E-state index contributed by atoms with van der Waals surface area (Å²) >= 11 is 0. The van der Waals surface area contributed by atoms with E-state index < -0.39 is 0 Å². The van der Waals surface area contributed by atoms with Crippen molar-refractivity contribution in [3.63, 3.8) is 0 Å². The highest BCUT2D eigenvalue weighted by molar-refractivity contribution is 6.05. The Kier molecular flexibility index (Phi) is 6.82. The summed E-state index contributed by atoms with van der Waals surface area (Å²) in [5.74, 6) is 0.0699. The first-order chi connectivity index (χ1) is 17.1. The van der Waals surface area contributed by atoms with Crippen molar-refractivity contribution in [3.05, 3.63) is 101 Å². The topological polar surface area (TPSA) is 62.2 Å². The van der Waals surface area contributed by atoms with Crippen LogP contribution in [0.4, 0.5) is 0 Å². The number of carbonyl (C=O) groups is 1. The van der Waals surface area contributed by atoms with E-state index in [1.54, 1.807) is 6.20 Å². The zero-order valence-corrected chi connectivity index (χ0v) is 20.4. The van der Waals surface area contributed by atoms with E-state index in [4.69, 9.17) is 0 Å². The number of fused-ring (bicyclic) bond motifs is 1. The van der Waals surface area contributed by atoms with Crippen molar-refractivity contribution >= 4 is 16.8 Å². The third kappa shape index (κ3) is 5.08. The van der Waals surface area contributed by atoms with E-state index >= 15 is 0 Å². The first kappa shape index (κ1) is 23.1. The van der Waals surface area contributed by atoms with Crippen LogP contribution in [0.25, 0.3) is 10.9 Å². The molecule has 1 amide bonds. The van der Waals surface area contributed by atoms with Crippen LogP contribution in [-0.4, -0.2) is 49.8 Å². The van der Waals surface area contributed by atoms with Gasteiger partial charge in [-0.05, 0) is 62.1 Å². The molecule has 1 aliphatic heterocycles. The van der Waals surface area contributed by atoms with Gasteiger partial charge in [0, 0.05) is 56.2 Å². The number of rotatable bonds is 6. The van der Waals surface area contributed by atoms with Crippen molar-refractivity contribution in [1.29, 1.82) is 0 Å². The van der Waals surface area contributed by atoms with E-state index in [1.807, 2.05) is 59.8 Å². The first-order valence-electron chi connectivity index (χ1n) is 12.3. The van der Waals surface area contributed by atoms with Gasteiger partial charge in [0.2, 0.25) is 0 Å². The molecule has 3 aromatic heterocycles. The number of aromatic nitrogens is 3. The van der Waals surface area contributed by atoms with Crippen molar-refractivity contribution < 1.29 is 4.79 Å². The van der Waals surface area contributed by atoms with Crippen LogP contribution in [0.5, 0.6) is 0 Å². The second kappa shape index (κ2) is 10.3. The maximum atomic E-state index is 13.4. The van der Waals surface area contributed by atoms with Gasteiger partial charge in [-0.15, -0.1) is 0 Å². The van der Waals surface area contributed by atoms with Crippen molar-refractivity contribution in [3.8, 4) is 0 Å². The number of pyridine rings is 3. The van der Waals surface area contributed by atoms with Crippen molar-refractivity contribution in [1.82, 2.24) is 24.8 Å². The zero-order chi connectivity index (χ0) is 24.2. The number of carbonyl (C=O) groups excluding carboxylic acids is 1. The molecule has 0 atom stereocenters. The highest BCUT2D eigenvalue weighted by atomic mass is 16.2. The van der Waals surface area contributed by atoms with Gasteiger partial charge in [-0.3, -0.25) is 24.6 Å². The molecule has 0 N–H and O–H groups in total. The lowest BCUT2D eigenvalue weighted by molar-refractivity contribution is 0.0591. The second-order valence-electron chi connectivity index (χ2n) is 9.34. The molecule has 6 nitrogen and oxygen atoms in total. The minimum Gasteiger partial charge on any atom is -0.338 e. The Balaban J connectivity index is 1.33. The molecule has 0 saturated carbocycles. The number of likely N-dealkylation sites (tertiary alicyclic amines) is 1. The minimum atomic E-state index is 0.0699. The molecule has 1 aliphatic rings. The largest absolute Gasteiger partial charge is 0.338 e. The predicted octanol–water partition coefficient (Wildman–Crippen LogP) is 4.95. The van der Waals surface area contributed by atoms with Gasteiger partial charge in [0.15, 0.2) is 0 Å². The molecule has 1 fully saturated rings. The lowest BCUT2D eigenvalue weighted by Crippen LogP contribution is -2.46. The molecular formula is C29H31N5O. The Morgan fingerprint density at radius 1 is 0.829 bits per heavy atom. The molecule has 0 bridgehead atoms. The lowest BCUT2D eigenvalue weighted by Gasteiger charge is -2.38. The van der Waals surface area contributed by atoms with E-state index in [0.717, 1.165) is 61.3 Å².